The molecule has 0 aliphatic heterocycles. The molecule has 0 aliphatic rings. The standard InChI is InChI=1S/C70H137NO5/c1-3-5-7-9-11-13-42-46-50-54-58-62-68(73)67(66-72)71-69(74)63-59-55-51-47-44-40-38-36-34-32-30-28-26-24-22-20-18-16-15-17-19-21-23-25-27-29-31-33-35-37-39-41-45-49-53-57-61-65-76-70(75)64-60-56-52-48-43-14-12-10-8-6-4-2/h10,12,67-68,72-73H,3-9,11,13-66H2,1-2H3,(H,71,74)/b12-10-. The molecule has 0 spiro atoms. The van der Waals surface area contributed by atoms with E-state index in [0.29, 0.717) is 25.9 Å². The molecular formula is C70H137NO5. The van der Waals surface area contributed by atoms with Gasteiger partial charge in [-0.2, -0.15) is 0 Å². The molecule has 0 fully saturated rings. The van der Waals surface area contributed by atoms with E-state index < -0.39 is 12.1 Å². The van der Waals surface area contributed by atoms with Crippen LogP contribution in [0.2, 0.25) is 0 Å². The molecule has 452 valence electrons. The Balaban J connectivity index is 3.27. The lowest BCUT2D eigenvalue weighted by Crippen LogP contribution is -2.45. The second-order valence-corrected chi connectivity index (χ2v) is 24.2. The van der Waals surface area contributed by atoms with Crippen molar-refractivity contribution in [2.75, 3.05) is 13.2 Å². The molecule has 0 aromatic rings. The highest BCUT2D eigenvalue weighted by atomic mass is 16.5. The molecule has 76 heavy (non-hydrogen) atoms. The molecule has 6 heteroatoms. The van der Waals surface area contributed by atoms with E-state index in [1.165, 1.54) is 321 Å². The first-order chi connectivity index (χ1) is 37.5. The Morgan fingerprint density at radius 1 is 0.355 bits per heavy atom. The van der Waals surface area contributed by atoms with Gasteiger partial charge in [-0.3, -0.25) is 9.59 Å². The molecule has 0 aromatic heterocycles. The largest absolute Gasteiger partial charge is 0.466 e. The van der Waals surface area contributed by atoms with Gasteiger partial charge in [0.15, 0.2) is 0 Å². The minimum Gasteiger partial charge on any atom is -0.466 e. The molecule has 2 unspecified atom stereocenters. The number of carbonyl (C=O) groups excluding carboxylic acids is 2. The van der Waals surface area contributed by atoms with Gasteiger partial charge in [0.1, 0.15) is 0 Å². The molecule has 6 nitrogen and oxygen atoms in total. The summed E-state index contributed by atoms with van der Waals surface area (Å²) in [6, 6.07) is -0.534. The Bertz CT molecular complexity index is 1140. The number of esters is 1. The summed E-state index contributed by atoms with van der Waals surface area (Å²) >= 11 is 0. The quantitative estimate of drug-likeness (QED) is 0.0320. The minimum atomic E-state index is -0.658. The number of hydrogen-bond donors (Lipinski definition) is 3. The first-order valence-electron chi connectivity index (χ1n) is 34.9. The van der Waals surface area contributed by atoms with Crippen molar-refractivity contribution >= 4 is 11.9 Å². The van der Waals surface area contributed by atoms with Gasteiger partial charge in [0.05, 0.1) is 25.4 Å². The monoisotopic (exact) mass is 1070 g/mol. The Kier molecular flexibility index (Phi) is 64.9. The third kappa shape index (κ3) is 61.8. The Labute approximate surface area is 476 Å². The molecule has 0 heterocycles. The summed E-state index contributed by atoms with van der Waals surface area (Å²) in [5.41, 5.74) is 0. The fourth-order valence-corrected chi connectivity index (χ4v) is 11.2. The fourth-order valence-electron chi connectivity index (χ4n) is 11.2. The minimum absolute atomic E-state index is 0.0127. The third-order valence-electron chi connectivity index (χ3n) is 16.6. The Morgan fingerprint density at radius 3 is 0.974 bits per heavy atom. The van der Waals surface area contributed by atoms with E-state index in [9.17, 15) is 19.8 Å². The van der Waals surface area contributed by atoms with E-state index >= 15 is 0 Å². The number of amides is 1. The van der Waals surface area contributed by atoms with Crippen molar-refractivity contribution in [1.82, 2.24) is 5.32 Å². The molecule has 0 saturated heterocycles. The summed E-state index contributed by atoms with van der Waals surface area (Å²) in [7, 11) is 0. The number of hydrogen-bond acceptors (Lipinski definition) is 5. The molecule has 0 bridgehead atoms. The van der Waals surface area contributed by atoms with Crippen molar-refractivity contribution in [2.24, 2.45) is 0 Å². The van der Waals surface area contributed by atoms with E-state index in [1.807, 2.05) is 0 Å². The molecule has 0 radical (unpaired) electrons. The van der Waals surface area contributed by atoms with E-state index in [-0.39, 0.29) is 18.5 Å². The highest BCUT2D eigenvalue weighted by Gasteiger charge is 2.20. The molecule has 0 saturated carbocycles. The second-order valence-electron chi connectivity index (χ2n) is 24.2. The molecule has 1 amide bonds. The zero-order valence-electron chi connectivity index (χ0n) is 51.8. The molecule has 0 aliphatic carbocycles. The van der Waals surface area contributed by atoms with Crippen LogP contribution in [0, 0.1) is 0 Å². The van der Waals surface area contributed by atoms with E-state index in [2.05, 4.69) is 31.3 Å². The zero-order valence-corrected chi connectivity index (χ0v) is 51.8. The van der Waals surface area contributed by atoms with Crippen molar-refractivity contribution in [3.63, 3.8) is 0 Å². The van der Waals surface area contributed by atoms with Crippen molar-refractivity contribution < 1.29 is 24.5 Å². The SMILES string of the molecule is CCCC/C=C\CCCCCCCC(=O)OCCCCCCCCCCCCCCCCCCCCCCCCCCCCCCCCCCCCCCCC(=O)NC(CO)C(O)CCCCCCCCCCCCC. The third-order valence-corrected chi connectivity index (χ3v) is 16.6. The molecular weight excluding hydrogens is 935 g/mol. The normalized spacial score (nSPS) is 12.5. The lowest BCUT2D eigenvalue weighted by atomic mass is 10.0. The van der Waals surface area contributed by atoms with Crippen LogP contribution in [0.3, 0.4) is 0 Å². The van der Waals surface area contributed by atoms with Gasteiger partial charge >= 0.3 is 5.97 Å². The van der Waals surface area contributed by atoms with Crippen LogP contribution in [0.15, 0.2) is 12.2 Å². The van der Waals surface area contributed by atoms with Gasteiger partial charge in [-0.05, 0) is 44.9 Å². The predicted molar refractivity (Wildman–Crippen MR) is 333 cm³/mol. The molecule has 3 N–H and O–H groups in total. The van der Waals surface area contributed by atoms with Gasteiger partial charge in [0, 0.05) is 12.8 Å². The van der Waals surface area contributed by atoms with Crippen LogP contribution in [0.4, 0.5) is 0 Å². The summed E-state index contributed by atoms with van der Waals surface area (Å²) in [4.78, 5) is 24.5. The topological polar surface area (TPSA) is 95.9 Å². The summed E-state index contributed by atoms with van der Waals surface area (Å²) in [6.45, 7) is 4.94. The molecule has 0 aromatic carbocycles. The number of allylic oxidation sites excluding steroid dienone is 2. The van der Waals surface area contributed by atoms with Gasteiger partial charge in [-0.15, -0.1) is 0 Å². The first-order valence-corrected chi connectivity index (χ1v) is 34.9. The smallest absolute Gasteiger partial charge is 0.305 e. The van der Waals surface area contributed by atoms with Crippen LogP contribution in [0.5, 0.6) is 0 Å². The highest BCUT2D eigenvalue weighted by molar-refractivity contribution is 5.76. The Morgan fingerprint density at radius 2 is 0.632 bits per heavy atom. The van der Waals surface area contributed by atoms with E-state index in [1.54, 1.807) is 0 Å². The van der Waals surface area contributed by atoms with Crippen LogP contribution < -0.4 is 5.32 Å². The van der Waals surface area contributed by atoms with Crippen LogP contribution in [0.1, 0.15) is 399 Å². The fraction of sp³-hybridized carbons (Fsp3) is 0.943. The zero-order chi connectivity index (χ0) is 55.0. The van der Waals surface area contributed by atoms with Gasteiger partial charge in [0.2, 0.25) is 5.91 Å². The summed E-state index contributed by atoms with van der Waals surface area (Å²) in [5, 5.41) is 23.2. The number of ether oxygens (including phenoxy) is 1. The number of nitrogens with one attached hydrogen (secondary N) is 1. The average molecular weight is 1070 g/mol. The van der Waals surface area contributed by atoms with Gasteiger partial charge < -0.3 is 20.3 Å². The molecule has 0 rings (SSSR count). The maximum Gasteiger partial charge on any atom is 0.305 e. The van der Waals surface area contributed by atoms with Crippen molar-refractivity contribution in [3.05, 3.63) is 12.2 Å². The average Bonchev–Trinajstić information content (AvgIpc) is 3.42. The number of aliphatic hydroxyl groups excluding tert-OH is 2. The highest BCUT2D eigenvalue weighted by Crippen LogP contribution is 2.19. The van der Waals surface area contributed by atoms with Crippen LogP contribution in [-0.4, -0.2) is 47.4 Å². The number of aliphatic hydroxyl groups is 2. The first kappa shape index (κ1) is 74.6. The van der Waals surface area contributed by atoms with Gasteiger partial charge in [-0.25, -0.2) is 0 Å². The van der Waals surface area contributed by atoms with Crippen LogP contribution in [0.25, 0.3) is 0 Å². The van der Waals surface area contributed by atoms with Gasteiger partial charge in [0.25, 0.3) is 0 Å². The van der Waals surface area contributed by atoms with Crippen molar-refractivity contribution in [3.8, 4) is 0 Å². The number of rotatable bonds is 66. The van der Waals surface area contributed by atoms with Gasteiger partial charge in [-0.1, -0.05) is 353 Å². The van der Waals surface area contributed by atoms with Crippen molar-refractivity contribution in [1.29, 1.82) is 0 Å². The summed E-state index contributed by atoms with van der Waals surface area (Å²) in [6.07, 6.45) is 81.5. The van der Waals surface area contributed by atoms with E-state index in [0.717, 1.165) is 44.9 Å². The summed E-state index contributed by atoms with van der Waals surface area (Å²) < 4.78 is 5.47. The van der Waals surface area contributed by atoms with E-state index in [4.69, 9.17) is 4.74 Å². The molecule has 2 atom stereocenters. The van der Waals surface area contributed by atoms with Crippen LogP contribution >= 0.6 is 0 Å². The Hall–Kier alpha value is -1.40. The maximum atomic E-state index is 12.5. The lowest BCUT2D eigenvalue weighted by Gasteiger charge is -2.22. The predicted octanol–water partition coefficient (Wildman–Crippen LogP) is 22.4. The summed E-state index contributed by atoms with van der Waals surface area (Å²) in [5.74, 6) is -0.0152. The van der Waals surface area contributed by atoms with Crippen LogP contribution in [-0.2, 0) is 14.3 Å². The number of unbranched alkanes of at least 4 members (excludes halogenated alkanes) is 53. The number of carbonyl (C=O) groups is 2. The maximum absolute atomic E-state index is 12.5. The van der Waals surface area contributed by atoms with Crippen molar-refractivity contribution in [2.45, 2.75) is 411 Å². The lowest BCUT2D eigenvalue weighted by molar-refractivity contribution is -0.143. The second kappa shape index (κ2) is 66.1.